The van der Waals surface area contributed by atoms with Crippen LogP contribution in [0.3, 0.4) is 0 Å². The minimum absolute atomic E-state index is 0.0478. The van der Waals surface area contributed by atoms with Crippen molar-refractivity contribution in [3.05, 3.63) is 21.4 Å². The second-order valence-corrected chi connectivity index (χ2v) is 4.89. The molecule has 0 aliphatic rings. The van der Waals surface area contributed by atoms with E-state index in [1.165, 1.54) is 22.6 Å². The first-order valence-corrected chi connectivity index (χ1v) is 5.48. The van der Waals surface area contributed by atoms with E-state index >= 15 is 0 Å². The molecule has 1 aromatic rings. The number of nitrogens with zero attached hydrogens (tertiary/aromatic N) is 1. The maximum Gasteiger partial charge on any atom is 0.447 e. The second kappa shape index (κ2) is 4.59. The number of aromatic nitrogens is 1. The molecular weight excluding hydrogens is 371 g/mol. The van der Waals surface area contributed by atoms with Crippen LogP contribution in [0.25, 0.3) is 0 Å². The molecule has 0 radical (unpaired) electrons. The monoisotopic (exact) mass is 373 g/mol. The first-order valence-electron chi connectivity index (χ1n) is 3.58. The molecule has 1 nitrogen and oxygen atoms in total. The maximum atomic E-state index is 12.2. The molecule has 0 N–H and O–H groups in total. The summed E-state index contributed by atoms with van der Waals surface area (Å²) in [6.45, 7) is 0. The number of halogens is 7. The molecule has 9 heteroatoms. The average molecular weight is 373 g/mol. The maximum absolute atomic E-state index is 12.2. The zero-order chi connectivity index (χ0) is 12.6. The van der Waals surface area contributed by atoms with Gasteiger partial charge < -0.3 is 0 Å². The molecule has 0 bridgehead atoms. The second-order valence-electron chi connectivity index (χ2n) is 2.55. The number of rotatable bonds is 1. The van der Waals surface area contributed by atoms with Crippen LogP contribution in [-0.2, 0) is 6.18 Å². The van der Waals surface area contributed by atoms with Crippen molar-refractivity contribution in [1.82, 2.24) is 4.98 Å². The largest absolute Gasteiger partial charge is 0.447 e. The van der Waals surface area contributed by atoms with Gasteiger partial charge in [0, 0.05) is 15.3 Å². The third-order valence-corrected chi connectivity index (χ3v) is 2.55. The topological polar surface area (TPSA) is 12.9 Å². The molecule has 0 spiro atoms. The lowest BCUT2D eigenvalue weighted by molar-refractivity contribution is -0.141. The molecule has 0 atom stereocenters. The van der Waals surface area contributed by atoms with E-state index in [2.05, 4.69) is 4.98 Å². The summed E-state index contributed by atoms with van der Waals surface area (Å²) < 4.78 is 72.5. The lowest BCUT2D eigenvalue weighted by atomic mass is 10.3. The number of alkyl halides is 6. The molecule has 0 aliphatic heterocycles. The van der Waals surface area contributed by atoms with Gasteiger partial charge in [0.15, 0.2) is 0 Å². The van der Waals surface area contributed by atoms with Gasteiger partial charge in [0.05, 0.1) is 0 Å². The van der Waals surface area contributed by atoms with E-state index in [4.69, 9.17) is 0 Å². The van der Waals surface area contributed by atoms with E-state index in [9.17, 15) is 26.3 Å². The molecule has 0 aliphatic carbocycles. The van der Waals surface area contributed by atoms with Gasteiger partial charge >= 0.3 is 11.7 Å². The van der Waals surface area contributed by atoms with E-state index in [-0.39, 0.29) is 3.57 Å². The van der Waals surface area contributed by atoms with Crippen LogP contribution in [0.4, 0.5) is 26.3 Å². The van der Waals surface area contributed by atoms with Crippen LogP contribution in [0.5, 0.6) is 0 Å². The van der Waals surface area contributed by atoms with Gasteiger partial charge in [-0.2, -0.15) is 26.3 Å². The average Bonchev–Trinajstić information content (AvgIpc) is 1.97. The Labute approximate surface area is 104 Å². The molecule has 90 valence electrons. The summed E-state index contributed by atoms with van der Waals surface area (Å²) in [6.07, 6.45) is -4.75. The fourth-order valence-corrected chi connectivity index (χ4v) is 2.16. The molecule has 1 heterocycles. The van der Waals surface area contributed by atoms with Crippen LogP contribution < -0.4 is 0 Å². The van der Waals surface area contributed by atoms with Gasteiger partial charge in [0.1, 0.15) is 10.7 Å². The van der Waals surface area contributed by atoms with Crippen LogP contribution in [0.2, 0.25) is 0 Å². The Morgan fingerprint density at radius 2 is 1.62 bits per heavy atom. The summed E-state index contributed by atoms with van der Waals surface area (Å²) >= 11 is 0.831. The summed E-state index contributed by atoms with van der Waals surface area (Å²) in [5, 5.41) is -0.716. The molecule has 0 saturated carbocycles. The van der Waals surface area contributed by atoms with Crippen LogP contribution in [0.15, 0.2) is 17.2 Å². The van der Waals surface area contributed by atoms with Crippen molar-refractivity contribution in [3.8, 4) is 0 Å². The number of hydrogen-bond donors (Lipinski definition) is 0. The molecule has 0 unspecified atom stereocenters. The highest BCUT2D eigenvalue weighted by atomic mass is 127. The Morgan fingerprint density at radius 1 is 1.06 bits per heavy atom. The summed E-state index contributed by atoms with van der Waals surface area (Å²) in [6, 6.07) is 1.62. The van der Waals surface area contributed by atoms with Gasteiger partial charge in [-0.3, -0.25) is 0 Å². The third kappa shape index (κ3) is 4.36. The first kappa shape index (κ1) is 13.9. The zero-order valence-corrected chi connectivity index (χ0v) is 10.1. The van der Waals surface area contributed by atoms with E-state index < -0.39 is 34.2 Å². The zero-order valence-electron chi connectivity index (χ0n) is 7.16. The van der Waals surface area contributed by atoms with Crippen LogP contribution >= 0.6 is 34.4 Å². The Morgan fingerprint density at radius 3 is 2.06 bits per heavy atom. The highest BCUT2D eigenvalue weighted by molar-refractivity contribution is 14.1. The van der Waals surface area contributed by atoms with Crippen molar-refractivity contribution in [1.29, 1.82) is 0 Å². The molecule has 0 saturated heterocycles. The van der Waals surface area contributed by atoms with Crippen molar-refractivity contribution in [2.24, 2.45) is 0 Å². The normalized spacial score (nSPS) is 12.9. The fraction of sp³-hybridized carbons (Fsp3) is 0.286. The lowest BCUT2D eigenvalue weighted by Gasteiger charge is -2.09. The van der Waals surface area contributed by atoms with Crippen LogP contribution in [0, 0.1) is 3.57 Å². The van der Waals surface area contributed by atoms with E-state index in [1.807, 2.05) is 0 Å². The third-order valence-electron chi connectivity index (χ3n) is 1.28. The standard InChI is InChI=1S/C7H2F6INS/c8-6(9,10)4-1-3(14)2-5(15-4)16-7(11,12)13/h1-2H. The SMILES string of the molecule is FC(F)(F)Sc1cc(I)cc(C(F)(F)F)n1. The predicted molar refractivity (Wildman–Crippen MR) is 53.9 cm³/mol. The first-order chi connectivity index (χ1) is 7.08. The van der Waals surface area contributed by atoms with Gasteiger partial charge in [-0.25, -0.2) is 4.98 Å². The summed E-state index contributed by atoms with van der Waals surface area (Å²) in [5.74, 6) is 0. The van der Waals surface area contributed by atoms with Gasteiger partial charge in [0.25, 0.3) is 0 Å². The van der Waals surface area contributed by atoms with Gasteiger partial charge in [-0.15, -0.1) is 0 Å². The fourth-order valence-electron chi connectivity index (χ4n) is 0.790. The number of pyridine rings is 1. The van der Waals surface area contributed by atoms with E-state index in [0.29, 0.717) is 6.07 Å². The quantitative estimate of drug-likeness (QED) is 0.413. The molecule has 1 rings (SSSR count). The van der Waals surface area contributed by atoms with Crippen molar-refractivity contribution in [3.63, 3.8) is 0 Å². The molecule has 1 aromatic heterocycles. The minimum atomic E-state index is -4.75. The highest BCUT2D eigenvalue weighted by Crippen LogP contribution is 2.38. The Kier molecular flexibility index (Phi) is 3.98. The van der Waals surface area contributed by atoms with E-state index in [0.717, 1.165) is 6.07 Å². The van der Waals surface area contributed by atoms with Crippen molar-refractivity contribution in [2.75, 3.05) is 0 Å². The summed E-state index contributed by atoms with van der Waals surface area (Å²) in [4.78, 5) is 2.90. The predicted octanol–water partition coefficient (Wildman–Crippen LogP) is 4.32. The Bertz CT molecular complexity index is 387. The van der Waals surface area contributed by atoms with Crippen molar-refractivity contribution in [2.45, 2.75) is 16.7 Å². The van der Waals surface area contributed by atoms with Gasteiger partial charge in [0.2, 0.25) is 0 Å². The summed E-state index contributed by atoms with van der Waals surface area (Å²) in [5.41, 5.74) is -5.98. The van der Waals surface area contributed by atoms with Crippen molar-refractivity contribution >= 4 is 34.4 Å². The number of hydrogen-bond acceptors (Lipinski definition) is 2. The molecular formula is C7H2F6INS. The highest BCUT2D eigenvalue weighted by Gasteiger charge is 2.35. The van der Waals surface area contributed by atoms with Crippen LogP contribution in [0.1, 0.15) is 5.69 Å². The molecule has 0 aromatic carbocycles. The number of thioether (sulfide) groups is 1. The molecule has 0 fully saturated rings. The minimum Gasteiger partial charge on any atom is -0.237 e. The van der Waals surface area contributed by atoms with Crippen molar-refractivity contribution < 1.29 is 26.3 Å². The smallest absolute Gasteiger partial charge is 0.237 e. The Hall–Kier alpha value is -0.190. The Balaban J connectivity index is 3.09. The lowest BCUT2D eigenvalue weighted by Crippen LogP contribution is -2.10. The van der Waals surface area contributed by atoms with E-state index in [1.54, 1.807) is 0 Å². The molecule has 0 amide bonds. The van der Waals surface area contributed by atoms with Gasteiger partial charge in [-0.05, 0) is 34.7 Å². The van der Waals surface area contributed by atoms with Gasteiger partial charge in [-0.1, -0.05) is 0 Å². The molecule has 16 heavy (non-hydrogen) atoms. The summed E-state index contributed by atoms with van der Waals surface area (Å²) in [7, 11) is 0. The van der Waals surface area contributed by atoms with Crippen LogP contribution in [-0.4, -0.2) is 10.5 Å².